The van der Waals surface area contributed by atoms with E-state index < -0.39 is 0 Å². The Kier molecular flexibility index (Phi) is 5.76. The summed E-state index contributed by atoms with van der Waals surface area (Å²) < 4.78 is 10.8. The van der Waals surface area contributed by atoms with Crippen LogP contribution < -0.4 is 10.1 Å². The van der Waals surface area contributed by atoms with Crippen molar-refractivity contribution in [1.82, 2.24) is 10.2 Å². The predicted octanol–water partition coefficient (Wildman–Crippen LogP) is 3.57. The van der Waals surface area contributed by atoms with Crippen LogP contribution in [-0.2, 0) is 16.1 Å². The Morgan fingerprint density at radius 1 is 1.15 bits per heavy atom. The Bertz CT molecular complexity index is 863. The molecule has 0 amide bonds. The summed E-state index contributed by atoms with van der Waals surface area (Å²) in [5, 5.41) is 3.78. The van der Waals surface area contributed by atoms with E-state index in [2.05, 4.69) is 5.32 Å². The number of carbonyl (C=O) groups is 1. The number of nitrogens with one attached hydrogen (secondary N) is 1. The number of hydrogen-bond acceptors (Lipinski definition) is 4. The molecule has 0 aliphatic carbocycles. The van der Waals surface area contributed by atoms with E-state index >= 15 is 0 Å². The van der Waals surface area contributed by atoms with E-state index in [9.17, 15) is 4.79 Å². The van der Waals surface area contributed by atoms with E-state index in [1.54, 1.807) is 4.90 Å². The molecule has 2 aromatic carbocycles. The van der Waals surface area contributed by atoms with Crippen LogP contribution in [0.2, 0.25) is 0 Å². The molecule has 0 radical (unpaired) electrons. The van der Waals surface area contributed by atoms with Crippen LogP contribution in [0.25, 0.3) is 0 Å². The monoisotopic (exact) mass is 382 g/mol. The van der Waals surface area contributed by atoms with Gasteiger partial charge in [-0.2, -0.15) is 0 Å². The van der Waals surface area contributed by atoms with E-state index in [1.165, 1.54) is 7.11 Å². The Morgan fingerprint density at radius 3 is 2.44 bits per heavy atom. The minimum absolute atomic E-state index is 0.357. The fraction of sp³-hybridized carbons (Fsp3) is 0.238. The lowest BCUT2D eigenvalue weighted by Crippen LogP contribution is -2.46. The van der Waals surface area contributed by atoms with E-state index in [0.717, 1.165) is 22.6 Å². The smallest absolute Gasteiger partial charge is 0.337 e. The first-order valence-corrected chi connectivity index (χ1v) is 9.02. The molecule has 1 heterocycles. The third-order valence-corrected chi connectivity index (χ3v) is 5.01. The zero-order valence-corrected chi connectivity index (χ0v) is 16.4. The first-order chi connectivity index (χ1) is 13.0. The van der Waals surface area contributed by atoms with Gasteiger partial charge in [-0.3, -0.25) is 0 Å². The molecular formula is C21H22N2O3S. The molecule has 0 spiro atoms. The molecule has 5 nitrogen and oxygen atoms in total. The second-order valence-corrected chi connectivity index (χ2v) is 6.66. The topological polar surface area (TPSA) is 50.8 Å². The van der Waals surface area contributed by atoms with Crippen LogP contribution in [0.3, 0.4) is 0 Å². The summed E-state index contributed by atoms with van der Waals surface area (Å²) in [6, 6.07) is 17.3. The van der Waals surface area contributed by atoms with Crippen LogP contribution >= 0.6 is 12.2 Å². The molecule has 1 aliphatic rings. The van der Waals surface area contributed by atoms with Gasteiger partial charge in [0.1, 0.15) is 12.4 Å². The number of thiocarbonyl (C=S) groups is 1. The minimum Gasteiger partial charge on any atom is -0.489 e. The standard InChI is InChI=1S/C21H22N2O3S/c1-14-18(20(24)25-3)19(22-21(27)23(14)2)16-9-11-17(12-10-16)26-13-15-7-5-4-6-8-15/h4-12,19H,13H2,1-3H3,(H,22,27)/t19-/m1/s1. The van der Waals surface area contributed by atoms with Crippen molar-refractivity contribution >= 4 is 23.3 Å². The number of nitrogens with zero attached hydrogens (tertiary/aromatic N) is 1. The van der Waals surface area contributed by atoms with Gasteiger partial charge in [0.25, 0.3) is 0 Å². The summed E-state index contributed by atoms with van der Waals surface area (Å²) in [5.41, 5.74) is 3.35. The molecule has 3 rings (SSSR count). The van der Waals surface area contributed by atoms with Crippen molar-refractivity contribution in [2.24, 2.45) is 0 Å². The molecule has 1 N–H and O–H groups in total. The summed E-state index contributed by atoms with van der Waals surface area (Å²) in [6.07, 6.45) is 0. The van der Waals surface area contributed by atoms with Gasteiger partial charge in [-0.15, -0.1) is 0 Å². The highest BCUT2D eigenvalue weighted by atomic mass is 32.1. The summed E-state index contributed by atoms with van der Waals surface area (Å²) in [4.78, 5) is 14.1. The maximum Gasteiger partial charge on any atom is 0.337 e. The van der Waals surface area contributed by atoms with E-state index in [1.807, 2.05) is 68.6 Å². The molecule has 0 aromatic heterocycles. The number of methoxy groups -OCH3 is 1. The second-order valence-electron chi connectivity index (χ2n) is 6.28. The molecule has 2 aromatic rings. The summed E-state index contributed by atoms with van der Waals surface area (Å²) in [5.74, 6) is 0.391. The van der Waals surface area contributed by atoms with Gasteiger partial charge < -0.3 is 19.7 Å². The third kappa shape index (κ3) is 4.11. The van der Waals surface area contributed by atoms with Crippen molar-refractivity contribution in [3.05, 3.63) is 77.0 Å². The van der Waals surface area contributed by atoms with Gasteiger partial charge in [-0.25, -0.2) is 4.79 Å². The van der Waals surface area contributed by atoms with E-state index in [4.69, 9.17) is 21.7 Å². The van der Waals surface area contributed by atoms with E-state index in [-0.39, 0.29) is 12.0 Å². The number of hydrogen-bond donors (Lipinski definition) is 1. The van der Waals surface area contributed by atoms with Crippen molar-refractivity contribution in [1.29, 1.82) is 0 Å². The van der Waals surface area contributed by atoms with Crippen molar-refractivity contribution in [2.75, 3.05) is 14.2 Å². The molecule has 1 atom stereocenters. The molecule has 1 aliphatic heterocycles. The molecule has 6 heteroatoms. The lowest BCUT2D eigenvalue weighted by molar-refractivity contribution is -0.136. The minimum atomic E-state index is -0.372. The summed E-state index contributed by atoms with van der Waals surface area (Å²) >= 11 is 5.38. The van der Waals surface area contributed by atoms with Crippen molar-refractivity contribution in [3.8, 4) is 5.75 Å². The van der Waals surface area contributed by atoms with Gasteiger partial charge in [0.05, 0.1) is 18.7 Å². The molecule has 0 unspecified atom stereocenters. The normalized spacial score (nSPS) is 16.8. The first kappa shape index (κ1) is 18.9. The Balaban J connectivity index is 1.80. The molecular weight excluding hydrogens is 360 g/mol. The molecule has 140 valence electrons. The zero-order valence-electron chi connectivity index (χ0n) is 15.6. The Labute approximate surface area is 164 Å². The van der Waals surface area contributed by atoms with E-state index in [0.29, 0.717) is 17.3 Å². The number of benzene rings is 2. The van der Waals surface area contributed by atoms with Crippen LogP contribution in [0.5, 0.6) is 5.75 Å². The summed E-state index contributed by atoms with van der Waals surface area (Å²) in [7, 11) is 3.21. The van der Waals surface area contributed by atoms with Crippen molar-refractivity contribution in [3.63, 3.8) is 0 Å². The number of rotatable bonds is 5. The molecule has 0 fully saturated rings. The van der Waals surface area contributed by atoms with Gasteiger partial charge in [0.2, 0.25) is 0 Å². The number of ether oxygens (including phenoxy) is 2. The summed E-state index contributed by atoms with van der Waals surface area (Å²) in [6.45, 7) is 2.37. The number of allylic oxidation sites excluding steroid dienone is 1. The lowest BCUT2D eigenvalue weighted by atomic mass is 9.95. The van der Waals surface area contributed by atoms with Crippen LogP contribution in [0, 0.1) is 0 Å². The highest BCUT2D eigenvalue weighted by molar-refractivity contribution is 7.80. The Hall–Kier alpha value is -2.86. The van der Waals surface area contributed by atoms with Crippen molar-refractivity contribution < 1.29 is 14.3 Å². The second kappa shape index (κ2) is 8.22. The number of esters is 1. The highest BCUT2D eigenvalue weighted by Crippen LogP contribution is 2.31. The fourth-order valence-electron chi connectivity index (χ4n) is 2.96. The maximum atomic E-state index is 12.3. The van der Waals surface area contributed by atoms with Gasteiger partial charge in [-0.05, 0) is 42.4 Å². The molecule has 0 bridgehead atoms. The lowest BCUT2D eigenvalue weighted by Gasteiger charge is -2.35. The Morgan fingerprint density at radius 2 is 1.81 bits per heavy atom. The largest absolute Gasteiger partial charge is 0.489 e. The third-order valence-electron chi connectivity index (χ3n) is 4.62. The van der Waals surface area contributed by atoms with Gasteiger partial charge >= 0.3 is 5.97 Å². The van der Waals surface area contributed by atoms with Crippen LogP contribution in [0.4, 0.5) is 0 Å². The van der Waals surface area contributed by atoms with Crippen LogP contribution in [0.1, 0.15) is 24.1 Å². The maximum absolute atomic E-state index is 12.3. The van der Waals surface area contributed by atoms with Gasteiger partial charge in [0, 0.05) is 12.7 Å². The first-order valence-electron chi connectivity index (χ1n) is 8.61. The molecule has 27 heavy (non-hydrogen) atoms. The number of carbonyl (C=O) groups excluding carboxylic acids is 1. The fourth-order valence-corrected chi connectivity index (χ4v) is 3.21. The zero-order chi connectivity index (χ0) is 19.4. The van der Waals surface area contributed by atoms with Crippen molar-refractivity contribution in [2.45, 2.75) is 19.6 Å². The average Bonchev–Trinajstić information content (AvgIpc) is 2.71. The van der Waals surface area contributed by atoms with Gasteiger partial charge in [0.15, 0.2) is 5.11 Å². The average molecular weight is 382 g/mol. The van der Waals surface area contributed by atoms with Gasteiger partial charge in [-0.1, -0.05) is 42.5 Å². The van der Waals surface area contributed by atoms with Crippen LogP contribution in [0.15, 0.2) is 65.9 Å². The SMILES string of the molecule is COC(=O)C1=C(C)N(C)C(=S)N[C@@H]1c1ccc(OCc2ccccc2)cc1. The molecule has 0 saturated heterocycles. The van der Waals surface area contributed by atoms with Crippen LogP contribution in [-0.4, -0.2) is 30.1 Å². The quantitative estimate of drug-likeness (QED) is 0.630. The highest BCUT2D eigenvalue weighted by Gasteiger charge is 2.33. The molecule has 0 saturated carbocycles. The predicted molar refractivity (Wildman–Crippen MR) is 108 cm³/mol.